The van der Waals surface area contributed by atoms with E-state index in [1.807, 2.05) is 0 Å². The Kier molecular flexibility index (Phi) is 4.58. The first-order valence-corrected chi connectivity index (χ1v) is 6.22. The molecule has 0 bridgehead atoms. The molecule has 0 N–H and O–H groups in total. The van der Waals surface area contributed by atoms with Gasteiger partial charge >= 0.3 is 0 Å². The maximum Gasteiger partial charge on any atom is 0.172 e. The Balaban J connectivity index is 2.24. The van der Waals surface area contributed by atoms with Crippen LogP contribution in [0, 0.1) is 5.82 Å². The number of hydrogen-bond acceptors (Lipinski definition) is 3. The van der Waals surface area contributed by atoms with Crippen molar-refractivity contribution < 1.29 is 18.7 Å². The Morgan fingerprint density at radius 3 is 2.55 bits per heavy atom. The van der Waals surface area contributed by atoms with E-state index in [9.17, 15) is 9.18 Å². The van der Waals surface area contributed by atoms with Crippen LogP contribution in [0.3, 0.4) is 0 Å². The third-order valence-corrected chi connectivity index (χ3v) is 2.91. The summed E-state index contributed by atoms with van der Waals surface area (Å²) in [6.45, 7) is 0.194. The predicted molar refractivity (Wildman–Crippen MR) is 74.1 cm³/mol. The summed E-state index contributed by atoms with van der Waals surface area (Å²) in [4.78, 5) is 11.1. The lowest BCUT2D eigenvalue weighted by Gasteiger charge is -2.13. The standard InChI is InChI=1S/C15H12ClFO3/c1-19-14-7-12(16)6-11(8-18)15(14)20-9-10-2-4-13(17)5-3-10/h2-8H,9H2,1H3. The molecule has 0 aliphatic rings. The van der Waals surface area contributed by atoms with Gasteiger partial charge in [-0.25, -0.2) is 4.39 Å². The van der Waals surface area contributed by atoms with Crippen LogP contribution in [0.2, 0.25) is 5.02 Å². The average molecular weight is 295 g/mol. The van der Waals surface area contributed by atoms with Gasteiger partial charge in [-0.2, -0.15) is 0 Å². The summed E-state index contributed by atoms with van der Waals surface area (Å²) in [5, 5.41) is 0.387. The van der Waals surface area contributed by atoms with Gasteiger partial charge in [0.05, 0.1) is 12.7 Å². The number of hydrogen-bond donors (Lipinski definition) is 0. The van der Waals surface area contributed by atoms with Crippen molar-refractivity contribution in [1.82, 2.24) is 0 Å². The molecule has 0 heterocycles. The smallest absolute Gasteiger partial charge is 0.172 e. The molecule has 2 rings (SSSR count). The molecule has 0 saturated carbocycles. The van der Waals surface area contributed by atoms with E-state index >= 15 is 0 Å². The molecule has 2 aromatic carbocycles. The minimum absolute atomic E-state index is 0.194. The largest absolute Gasteiger partial charge is 0.493 e. The third kappa shape index (κ3) is 3.27. The zero-order valence-corrected chi connectivity index (χ0v) is 11.5. The van der Waals surface area contributed by atoms with E-state index in [-0.39, 0.29) is 12.4 Å². The Morgan fingerprint density at radius 2 is 1.95 bits per heavy atom. The van der Waals surface area contributed by atoms with E-state index in [4.69, 9.17) is 21.1 Å². The highest BCUT2D eigenvalue weighted by molar-refractivity contribution is 6.31. The fourth-order valence-electron chi connectivity index (χ4n) is 1.72. The van der Waals surface area contributed by atoms with Crippen molar-refractivity contribution in [2.24, 2.45) is 0 Å². The van der Waals surface area contributed by atoms with Crippen molar-refractivity contribution in [3.8, 4) is 11.5 Å². The van der Waals surface area contributed by atoms with Gasteiger partial charge in [-0.1, -0.05) is 23.7 Å². The van der Waals surface area contributed by atoms with Crippen molar-refractivity contribution in [2.45, 2.75) is 6.61 Å². The van der Waals surface area contributed by atoms with Gasteiger partial charge in [-0.3, -0.25) is 4.79 Å². The summed E-state index contributed by atoms with van der Waals surface area (Å²) in [6.07, 6.45) is 0.647. The summed E-state index contributed by atoms with van der Waals surface area (Å²) in [5.74, 6) is 0.379. The van der Waals surface area contributed by atoms with Crippen LogP contribution in [0.5, 0.6) is 11.5 Å². The minimum Gasteiger partial charge on any atom is -0.493 e. The number of halogens is 2. The minimum atomic E-state index is -0.314. The Morgan fingerprint density at radius 1 is 1.25 bits per heavy atom. The molecule has 3 nitrogen and oxygen atoms in total. The van der Waals surface area contributed by atoms with Crippen molar-refractivity contribution in [2.75, 3.05) is 7.11 Å². The van der Waals surface area contributed by atoms with Crippen LogP contribution in [0.15, 0.2) is 36.4 Å². The maximum atomic E-state index is 12.8. The van der Waals surface area contributed by atoms with Gasteiger partial charge < -0.3 is 9.47 Å². The van der Waals surface area contributed by atoms with Gasteiger partial charge in [0.1, 0.15) is 12.4 Å². The first-order chi connectivity index (χ1) is 9.63. The molecule has 2 aromatic rings. The van der Waals surface area contributed by atoms with Crippen LogP contribution in [-0.2, 0) is 6.61 Å². The second kappa shape index (κ2) is 6.39. The van der Waals surface area contributed by atoms with Crippen LogP contribution in [-0.4, -0.2) is 13.4 Å². The van der Waals surface area contributed by atoms with Crippen molar-refractivity contribution in [1.29, 1.82) is 0 Å². The van der Waals surface area contributed by atoms with E-state index in [1.54, 1.807) is 18.2 Å². The van der Waals surface area contributed by atoms with Crippen LogP contribution >= 0.6 is 11.6 Å². The quantitative estimate of drug-likeness (QED) is 0.785. The predicted octanol–water partition coefficient (Wildman–Crippen LogP) is 3.88. The van der Waals surface area contributed by atoms with Crippen molar-refractivity contribution in [3.05, 3.63) is 58.4 Å². The van der Waals surface area contributed by atoms with Gasteiger partial charge in [0.25, 0.3) is 0 Å². The van der Waals surface area contributed by atoms with E-state index in [0.29, 0.717) is 28.4 Å². The second-order valence-electron chi connectivity index (χ2n) is 4.06. The molecule has 0 unspecified atom stereocenters. The fraction of sp³-hybridized carbons (Fsp3) is 0.133. The monoisotopic (exact) mass is 294 g/mol. The maximum absolute atomic E-state index is 12.8. The summed E-state index contributed by atoms with van der Waals surface area (Å²) in [6, 6.07) is 8.97. The number of methoxy groups -OCH3 is 1. The number of carbonyl (C=O) groups excluding carboxylic acids is 1. The first kappa shape index (κ1) is 14.3. The topological polar surface area (TPSA) is 35.5 Å². The molecule has 20 heavy (non-hydrogen) atoms. The molecular weight excluding hydrogens is 283 g/mol. The zero-order chi connectivity index (χ0) is 14.5. The molecule has 0 spiro atoms. The molecular formula is C15H12ClFO3. The summed E-state index contributed by atoms with van der Waals surface area (Å²) < 4.78 is 23.6. The van der Waals surface area contributed by atoms with Crippen LogP contribution in [0.25, 0.3) is 0 Å². The van der Waals surface area contributed by atoms with E-state index in [2.05, 4.69) is 0 Å². The zero-order valence-electron chi connectivity index (χ0n) is 10.7. The van der Waals surface area contributed by atoms with Gasteiger partial charge in [0.15, 0.2) is 17.8 Å². The third-order valence-electron chi connectivity index (χ3n) is 2.69. The molecule has 0 aromatic heterocycles. The lowest BCUT2D eigenvalue weighted by Crippen LogP contribution is -2.01. The number of carbonyl (C=O) groups is 1. The Labute approximate surface area is 120 Å². The molecule has 0 aliphatic carbocycles. The molecule has 0 aliphatic heterocycles. The fourth-order valence-corrected chi connectivity index (χ4v) is 1.94. The summed E-state index contributed by atoms with van der Waals surface area (Å²) in [7, 11) is 1.46. The van der Waals surface area contributed by atoms with E-state index in [0.717, 1.165) is 5.56 Å². The number of ether oxygens (including phenoxy) is 2. The highest BCUT2D eigenvalue weighted by Crippen LogP contribution is 2.34. The van der Waals surface area contributed by atoms with E-state index in [1.165, 1.54) is 25.3 Å². The Bertz CT molecular complexity index is 611. The van der Waals surface area contributed by atoms with Crippen LogP contribution < -0.4 is 9.47 Å². The second-order valence-corrected chi connectivity index (χ2v) is 4.50. The van der Waals surface area contributed by atoms with Gasteiger partial charge in [0.2, 0.25) is 0 Å². The molecule has 0 radical (unpaired) electrons. The lowest BCUT2D eigenvalue weighted by atomic mass is 10.2. The molecule has 104 valence electrons. The molecule has 5 heteroatoms. The average Bonchev–Trinajstić information content (AvgIpc) is 2.46. The van der Waals surface area contributed by atoms with Crippen molar-refractivity contribution in [3.63, 3.8) is 0 Å². The highest BCUT2D eigenvalue weighted by Gasteiger charge is 2.12. The summed E-state index contributed by atoms with van der Waals surface area (Å²) >= 11 is 5.88. The molecule has 0 atom stereocenters. The molecule has 0 fully saturated rings. The molecule has 0 saturated heterocycles. The first-order valence-electron chi connectivity index (χ1n) is 5.84. The SMILES string of the molecule is COc1cc(Cl)cc(C=O)c1OCc1ccc(F)cc1. The van der Waals surface area contributed by atoms with Crippen LogP contribution in [0.4, 0.5) is 4.39 Å². The number of benzene rings is 2. The number of aldehydes is 1. The van der Waals surface area contributed by atoms with Gasteiger partial charge in [-0.05, 0) is 23.8 Å². The highest BCUT2D eigenvalue weighted by atomic mass is 35.5. The van der Waals surface area contributed by atoms with Gasteiger partial charge in [-0.15, -0.1) is 0 Å². The normalized spacial score (nSPS) is 10.2. The van der Waals surface area contributed by atoms with Crippen molar-refractivity contribution >= 4 is 17.9 Å². The Hall–Kier alpha value is -2.07. The van der Waals surface area contributed by atoms with Gasteiger partial charge in [0, 0.05) is 11.1 Å². The lowest BCUT2D eigenvalue weighted by molar-refractivity contribution is 0.111. The number of rotatable bonds is 5. The van der Waals surface area contributed by atoms with E-state index < -0.39 is 0 Å². The summed E-state index contributed by atoms with van der Waals surface area (Å²) in [5.41, 5.74) is 1.08. The van der Waals surface area contributed by atoms with Crippen LogP contribution in [0.1, 0.15) is 15.9 Å². The molecule has 0 amide bonds.